The Morgan fingerprint density at radius 3 is 2.44 bits per heavy atom. The number of amides is 2. The number of imide groups is 1. The largest absolute Gasteiger partial charge is 0.274 e. The summed E-state index contributed by atoms with van der Waals surface area (Å²) in [6.07, 6.45) is 4.39. The van der Waals surface area contributed by atoms with Crippen molar-refractivity contribution in [3.8, 4) is 0 Å². The Balaban J connectivity index is 1.89. The van der Waals surface area contributed by atoms with E-state index in [1.165, 1.54) is 16.2 Å². The van der Waals surface area contributed by atoms with E-state index in [0.717, 1.165) is 23.0 Å². The van der Waals surface area contributed by atoms with Gasteiger partial charge < -0.3 is 0 Å². The van der Waals surface area contributed by atoms with Crippen LogP contribution in [0.5, 0.6) is 0 Å². The van der Waals surface area contributed by atoms with Crippen LogP contribution in [0.2, 0.25) is 0 Å². The number of carbonyl (C=O) groups excluding carboxylic acids is 2. The van der Waals surface area contributed by atoms with Gasteiger partial charge in [0, 0.05) is 0 Å². The number of aromatic nitrogens is 1. The second-order valence-electron chi connectivity index (χ2n) is 4.92. The molecule has 1 aromatic heterocycles. The van der Waals surface area contributed by atoms with Crippen molar-refractivity contribution < 1.29 is 9.59 Å². The molecule has 2 atom stereocenters. The minimum atomic E-state index is -0.106. The van der Waals surface area contributed by atoms with Gasteiger partial charge in [0.15, 0.2) is 5.13 Å². The summed E-state index contributed by atoms with van der Waals surface area (Å²) in [5, 5.41) is 0.499. The molecule has 96 valence electrons. The van der Waals surface area contributed by atoms with Gasteiger partial charge in [0.2, 0.25) is 11.8 Å². The van der Waals surface area contributed by atoms with Gasteiger partial charge in [-0.1, -0.05) is 24.7 Å². The van der Waals surface area contributed by atoms with Gasteiger partial charge in [-0.05, 0) is 34.7 Å². The number of anilines is 1. The zero-order chi connectivity index (χ0) is 12.9. The van der Waals surface area contributed by atoms with E-state index in [2.05, 4.69) is 27.8 Å². The molecule has 3 rings (SSSR count). The number of thiazole rings is 1. The molecule has 0 radical (unpaired) electrons. The number of rotatable bonds is 2. The van der Waals surface area contributed by atoms with Crippen LogP contribution in [0.25, 0.3) is 0 Å². The number of hydrogen-bond acceptors (Lipinski definition) is 4. The molecule has 2 unspecified atom stereocenters. The maximum Gasteiger partial charge on any atom is 0.239 e. The molecule has 1 saturated heterocycles. The number of nitrogens with zero attached hydrogens (tertiary/aromatic N) is 2. The SMILES string of the molecule is CCC1CC2C(=O)N(c3ncc(Br)s3)C(=O)C2C1. The first kappa shape index (κ1) is 12.3. The number of halogens is 1. The Morgan fingerprint density at radius 2 is 2.00 bits per heavy atom. The zero-order valence-electron chi connectivity index (χ0n) is 9.93. The average molecular weight is 329 g/mol. The first-order valence-corrected chi connectivity index (χ1v) is 7.72. The Hall–Kier alpha value is -0.750. The van der Waals surface area contributed by atoms with Gasteiger partial charge >= 0.3 is 0 Å². The third-order valence-corrected chi connectivity index (χ3v) is 5.43. The molecule has 2 aliphatic rings. The lowest BCUT2D eigenvalue weighted by Crippen LogP contribution is -2.32. The predicted molar refractivity (Wildman–Crippen MR) is 72.3 cm³/mol. The van der Waals surface area contributed by atoms with E-state index < -0.39 is 0 Å². The lowest BCUT2D eigenvalue weighted by atomic mass is 10.00. The summed E-state index contributed by atoms with van der Waals surface area (Å²) in [7, 11) is 0. The maximum absolute atomic E-state index is 12.3. The predicted octanol–water partition coefficient (Wildman–Crippen LogP) is 2.83. The van der Waals surface area contributed by atoms with E-state index in [0.29, 0.717) is 11.0 Å². The highest BCUT2D eigenvalue weighted by Gasteiger charge is 2.53. The standard InChI is InChI=1S/C12H13BrN2O2S/c1-2-6-3-7-8(4-6)11(17)15(10(7)16)12-14-5-9(13)18-12/h5-8H,2-4H2,1H3. The summed E-state index contributed by atoms with van der Waals surface area (Å²) >= 11 is 4.64. The van der Waals surface area contributed by atoms with E-state index in [-0.39, 0.29) is 23.7 Å². The molecule has 0 N–H and O–H groups in total. The van der Waals surface area contributed by atoms with Crippen LogP contribution in [0, 0.1) is 17.8 Å². The fourth-order valence-electron chi connectivity index (χ4n) is 3.00. The molecule has 2 heterocycles. The lowest BCUT2D eigenvalue weighted by Gasteiger charge is -2.14. The smallest absolute Gasteiger partial charge is 0.239 e. The molecule has 1 aromatic rings. The highest BCUT2D eigenvalue weighted by molar-refractivity contribution is 9.11. The van der Waals surface area contributed by atoms with Crippen LogP contribution >= 0.6 is 27.3 Å². The van der Waals surface area contributed by atoms with Gasteiger partial charge in [-0.25, -0.2) is 9.88 Å². The maximum atomic E-state index is 12.3. The monoisotopic (exact) mass is 328 g/mol. The molecule has 1 saturated carbocycles. The van der Waals surface area contributed by atoms with Crippen LogP contribution < -0.4 is 4.90 Å². The molecule has 0 aromatic carbocycles. The molecule has 2 amide bonds. The molecular weight excluding hydrogens is 316 g/mol. The normalized spacial score (nSPS) is 31.2. The summed E-state index contributed by atoms with van der Waals surface area (Å²) in [6.45, 7) is 2.12. The number of hydrogen-bond donors (Lipinski definition) is 0. The molecule has 18 heavy (non-hydrogen) atoms. The second-order valence-corrected chi connectivity index (χ2v) is 7.31. The van der Waals surface area contributed by atoms with Crippen LogP contribution in [0.15, 0.2) is 9.98 Å². The third kappa shape index (κ3) is 1.73. The summed E-state index contributed by atoms with van der Waals surface area (Å²) in [5.41, 5.74) is 0. The minimum absolute atomic E-state index is 0.0530. The minimum Gasteiger partial charge on any atom is -0.274 e. The fraction of sp³-hybridized carbons (Fsp3) is 0.583. The van der Waals surface area contributed by atoms with Crippen molar-refractivity contribution in [3.05, 3.63) is 9.98 Å². The van der Waals surface area contributed by atoms with Gasteiger partial charge in [0.25, 0.3) is 0 Å². The van der Waals surface area contributed by atoms with E-state index in [1.807, 2.05) is 0 Å². The van der Waals surface area contributed by atoms with Crippen molar-refractivity contribution in [2.24, 2.45) is 17.8 Å². The molecule has 6 heteroatoms. The van der Waals surface area contributed by atoms with E-state index >= 15 is 0 Å². The van der Waals surface area contributed by atoms with Gasteiger partial charge in [0.05, 0.1) is 21.8 Å². The third-order valence-electron chi connectivity index (χ3n) is 3.97. The number of carbonyl (C=O) groups is 2. The molecule has 0 bridgehead atoms. The van der Waals surface area contributed by atoms with Crippen molar-refractivity contribution >= 4 is 44.2 Å². The molecule has 2 fully saturated rings. The van der Waals surface area contributed by atoms with Crippen molar-refractivity contribution in [1.82, 2.24) is 4.98 Å². The van der Waals surface area contributed by atoms with Crippen molar-refractivity contribution in [2.75, 3.05) is 4.90 Å². The Bertz CT molecular complexity index is 492. The molecule has 0 spiro atoms. The zero-order valence-corrected chi connectivity index (χ0v) is 12.3. The summed E-state index contributed by atoms with van der Waals surface area (Å²) < 4.78 is 0.835. The summed E-state index contributed by atoms with van der Waals surface area (Å²) in [5.74, 6) is 0.207. The van der Waals surface area contributed by atoms with Crippen molar-refractivity contribution in [2.45, 2.75) is 26.2 Å². The molecular formula is C12H13BrN2O2S. The van der Waals surface area contributed by atoms with Crippen LogP contribution in [-0.4, -0.2) is 16.8 Å². The first-order chi connectivity index (χ1) is 8.61. The fourth-order valence-corrected chi connectivity index (χ4v) is 4.19. The number of fused-ring (bicyclic) bond motifs is 1. The lowest BCUT2D eigenvalue weighted by molar-refractivity contribution is -0.123. The quantitative estimate of drug-likeness (QED) is 0.784. The summed E-state index contributed by atoms with van der Waals surface area (Å²) in [4.78, 5) is 30.1. The van der Waals surface area contributed by atoms with E-state index in [1.54, 1.807) is 6.20 Å². The average Bonchev–Trinajstić information content (AvgIpc) is 2.99. The van der Waals surface area contributed by atoms with Gasteiger partial charge in [-0.3, -0.25) is 9.59 Å². The Labute approximate surface area is 118 Å². The second kappa shape index (κ2) is 4.42. The van der Waals surface area contributed by atoms with Gasteiger partial charge in [0.1, 0.15) is 0 Å². The van der Waals surface area contributed by atoms with E-state index in [4.69, 9.17) is 0 Å². The topological polar surface area (TPSA) is 50.3 Å². The first-order valence-electron chi connectivity index (χ1n) is 6.11. The highest BCUT2D eigenvalue weighted by atomic mass is 79.9. The van der Waals surface area contributed by atoms with Crippen molar-refractivity contribution in [3.63, 3.8) is 0 Å². The summed E-state index contributed by atoms with van der Waals surface area (Å²) in [6, 6.07) is 0. The molecule has 1 aliphatic carbocycles. The van der Waals surface area contributed by atoms with Crippen LogP contribution in [0.4, 0.5) is 5.13 Å². The molecule has 1 aliphatic heterocycles. The van der Waals surface area contributed by atoms with Crippen LogP contribution in [-0.2, 0) is 9.59 Å². The highest BCUT2D eigenvalue weighted by Crippen LogP contribution is 2.46. The van der Waals surface area contributed by atoms with Crippen molar-refractivity contribution in [1.29, 1.82) is 0 Å². The molecule has 4 nitrogen and oxygen atoms in total. The van der Waals surface area contributed by atoms with Crippen LogP contribution in [0.3, 0.4) is 0 Å². The van der Waals surface area contributed by atoms with Gasteiger partial charge in [-0.15, -0.1) is 0 Å². The Morgan fingerprint density at radius 1 is 1.39 bits per heavy atom. The van der Waals surface area contributed by atoms with E-state index in [9.17, 15) is 9.59 Å². The van der Waals surface area contributed by atoms with Gasteiger partial charge in [-0.2, -0.15) is 0 Å². The van der Waals surface area contributed by atoms with Crippen LogP contribution in [0.1, 0.15) is 26.2 Å². The Kier molecular flexibility index (Phi) is 3.02.